The van der Waals surface area contributed by atoms with E-state index in [2.05, 4.69) is 12.2 Å². The van der Waals surface area contributed by atoms with E-state index < -0.39 is 22.1 Å². The monoisotopic (exact) mass is 488 g/mol. The minimum Gasteiger partial charge on any atom is -0.497 e. The topological polar surface area (TPSA) is 102 Å². The van der Waals surface area contributed by atoms with Crippen LogP contribution in [0.2, 0.25) is 0 Å². The first-order valence-electron chi connectivity index (χ1n) is 11.4. The number of amides is 1. The number of benzene rings is 2. The highest BCUT2D eigenvalue weighted by molar-refractivity contribution is 7.92. The van der Waals surface area contributed by atoms with Crippen LogP contribution in [-0.2, 0) is 19.6 Å². The molecule has 1 aliphatic rings. The van der Waals surface area contributed by atoms with Gasteiger partial charge in [0.1, 0.15) is 5.75 Å². The molecule has 2 aromatic carbocycles. The lowest BCUT2D eigenvalue weighted by atomic mass is 9.86. The van der Waals surface area contributed by atoms with Gasteiger partial charge in [0.2, 0.25) is 0 Å². The Morgan fingerprint density at radius 2 is 1.76 bits per heavy atom. The first kappa shape index (κ1) is 25.6. The van der Waals surface area contributed by atoms with Crippen LogP contribution in [0.15, 0.2) is 53.4 Å². The van der Waals surface area contributed by atoms with Gasteiger partial charge in [0.25, 0.3) is 15.9 Å². The van der Waals surface area contributed by atoms with Crippen molar-refractivity contribution in [3.05, 3.63) is 54.1 Å². The molecule has 0 spiro atoms. The van der Waals surface area contributed by atoms with Gasteiger partial charge in [-0.2, -0.15) is 0 Å². The fourth-order valence-corrected chi connectivity index (χ4v) is 5.23. The molecule has 2 aromatic rings. The molecule has 3 atom stereocenters. The molecule has 1 aliphatic carbocycles. The average molecular weight is 489 g/mol. The highest BCUT2D eigenvalue weighted by Crippen LogP contribution is 2.26. The third-order valence-corrected chi connectivity index (χ3v) is 8.04. The van der Waals surface area contributed by atoms with Crippen molar-refractivity contribution < 1.29 is 27.5 Å². The molecule has 34 heavy (non-hydrogen) atoms. The van der Waals surface area contributed by atoms with Gasteiger partial charge in [-0.05, 0) is 68.1 Å². The molecule has 184 valence electrons. The Labute approximate surface area is 201 Å². The molecule has 9 heteroatoms. The fraction of sp³-hybridized carbons (Fsp3) is 0.440. The molecule has 3 rings (SSSR count). The van der Waals surface area contributed by atoms with E-state index in [9.17, 15) is 18.0 Å². The standard InChI is InChI=1S/C25H32N2O6S/c1-17-8-5-6-11-23(17)26-24(28)18(2)33-25(29)19-9-7-10-22(16-19)34(30,31)27(3)20-12-14-21(32-4)15-13-20/h7,9-10,12-18,23H,5-6,8,11H2,1-4H3,(H,26,28)/t17-,18+,23+/m0/s1. The number of hydrogen-bond acceptors (Lipinski definition) is 6. The lowest BCUT2D eigenvalue weighted by Crippen LogP contribution is -2.46. The van der Waals surface area contributed by atoms with Gasteiger partial charge in [-0.15, -0.1) is 0 Å². The van der Waals surface area contributed by atoms with E-state index in [1.54, 1.807) is 24.3 Å². The molecule has 0 saturated heterocycles. The fourth-order valence-electron chi connectivity index (χ4n) is 3.99. The number of sulfonamides is 1. The zero-order valence-electron chi connectivity index (χ0n) is 20.0. The quantitative estimate of drug-likeness (QED) is 0.568. The van der Waals surface area contributed by atoms with Gasteiger partial charge in [0.15, 0.2) is 6.10 Å². The van der Waals surface area contributed by atoms with E-state index in [4.69, 9.17) is 9.47 Å². The second kappa shape index (κ2) is 10.9. The van der Waals surface area contributed by atoms with Crippen LogP contribution in [0, 0.1) is 5.92 Å². The molecule has 0 heterocycles. The van der Waals surface area contributed by atoms with Gasteiger partial charge in [-0.3, -0.25) is 9.10 Å². The van der Waals surface area contributed by atoms with Crippen molar-refractivity contribution in [2.24, 2.45) is 5.92 Å². The lowest BCUT2D eigenvalue weighted by Gasteiger charge is -2.30. The molecule has 0 aliphatic heterocycles. The number of nitrogens with zero attached hydrogens (tertiary/aromatic N) is 1. The number of nitrogens with one attached hydrogen (secondary N) is 1. The number of rotatable bonds is 8. The van der Waals surface area contributed by atoms with Crippen LogP contribution >= 0.6 is 0 Å². The zero-order chi connectivity index (χ0) is 24.9. The molecular formula is C25H32N2O6S. The van der Waals surface area contributed by atoms with E-state index in [0.29, 0.717) is 17.4 Å². The normalized spacial score (nSPS) is 19.1. The molecule has 0 aromatic heterocycles. The van der Waals surface area contributed by atoms with Crippen molar-refractivity contribution in [1.29, 1.82) is 0 Å². The molecular weight excluding hydrogens is 456 g/mol. The predicted octanol–water partition coefficient (Wildman–Crippen LogP) is 3.76. The first-order chi connectivity index (χ1) is 16.1. The van der Waals surface area contributed by atoms with E-state index in [0.717, 1.165) is 30.0 Å². The minimum atomic E-state index is -3.93. The molecule has 1 fully saturated rings. The summed E-state index contributed by atoms with van der Waals surface area (Å²) in [5, 5.41) is 2.97. The summed E-state index contributed by atoms with van der Waals surface area (Å²) in [7, 11) is -0.972. The maximum Gasteiger partial charge on any atom is 0.338 e. The highest BCUT2D eigenvalue weighted by Gasteiger charge is 2.27. The van der Waals surface area contributed by atoms with Crippen molar-refractivity contribution in [2.45, 2.75) is 56.6 Å². The molecule has 1 saturated carbocycles. The number of methoxy groups -OCH3 is 1. The van der Waals surface area contributed by atoms with Gasteiger partial charge < -0.3 is 14.8 Å². The minimum absolute atomic E-state index is 0.0508. The summed E-state index contributed by atoms with van der Waals surface area (Å²) in [6.45, 7) is 3.62. The van der Waals surface area contributed by atoms with Gasteiger partial charge in [-0.1, -0.05) is 25.8 Å². The number of carbonyl (C=O) groups excluding carboxylic acids is 2. The first-order valence-corrected chi connectivity index (χ1v) is 12.8. The Balaban J connectivity index is 1.69. The lowest BCUT2D eigenvalue weighted by molar-refractivity contribution is -0.130. The summed E-state index contributed by atoms with van der Waals surface area (Å²) in [6.07, 6.45) is 3.20. The van der Waals surface area contributed by atoms with Crippen LogP contribution in [0.1, 0.15) is 49.9 Å². The second-order valence-corrected chi connectivity index (χ2v) is 10.6. The molecule has 0 bridgehead atoms. The van der Waals surface area contributed by atoms with Crippen LogP contribution in [-0.4, -0.2) is 46.6 Å². The highest BCUT2D eigenvalue weighted by atomic mass is 32.2. The number of esters is 1. The largest absolute Gasteiger partial charge is 0.497 e. The van der Waals surface area contributed by atoms with Crippen LogP contribution in [0.5, 0.6) is 5.75 Å². The summed E-state index contributed by atoms with van der Waals surface area (Å²) in [6, 6.07) is 12.2. The molecule has 0 unspecified atom stereocenters. The number of anilines is 1. The van der Waals surface area contributed by atoms with Crippen LogP contribution in [0.4, 0.5) is 5.69 Å². The smallest absolute Gasteiger partial charge is 0.338 e. The molecule has 1 N–H and O–H groups in total. The van der Waals surface area contributed by atoms with Crippen molar-refractivity contribution in [3.8, 4) is 5.75 Å². The van der Waals surface area contributed by atoms with Crippen molar-refractivity contribution in [2.75, 3.05) is 18.5 Å². The SMILES string of the molecule is COc1ccc(N(C)S(=O)(=O)c2cccc(C(=O)O[C@H](C)C(=O)N[C@@H]3CCCC[C@@H]3C)c2)cc1. The third-order valence-electron chi connectivity index (χ3n) is 6.26. The average Bonchev–Trinajstić information content (AvgIpc) is 2.85. The van der Waals surface area contributed by atoms with Crippen LogP contribution < -0.4 is 14.4 Å². The van der Waals surface area contributed by atoms with E-state index in [1.165, 1.54) is 45.3 Å². The van der Waals surface area contributed by atoms with Crippen LogP contribution in [0.25, 0.3) is 0 Å². The Bertz CT molecular complexity index is 1120. The van der Waals surface area contributed by atoms with Gasteiger partial charge in [0, 0.05) is 13.1 Å². The van der Waals surface area contributed by atoms with Crippen LogP contribution in [0.3, 0.4) is 0 Å². The summed E-state index contributed by atoms with van der Waals surface area (Å²) in [5.74, 6) is -0.126. The van der Waals surface area contributed by atoms with E-state index in [1.807, 2.05) is 0 Å². The van der Waals surface area contributed by atoms with Crippen molar-refractivity contribution in [1.82, 2.24) is 5.32 Å². The maximum atomic E-state index is 13.1. The summed E-state index contributed by atoms with van der Waals surface area (Å²) < 4.78 is 37.8. The Morgan fingerprint density at radius 3 is 2.41 bits per heavy atom. The Morgan fingerprint density at radius 1 is 1.09 bits per heavy atom. The summed E-state index contributed by atoms with van der Waals surface area (Å²) in [4.78, 5) is 25.2. The van der Waals surface area contributed by atoms with Gasteiger partial charge in [0.05, 0.1) is 23.3 Å². The van der Waals surface area contributed by atoms with Gasteiger partial charge >= 0.3 is 5.97 Å². The van der Waals surface area contributed by atoms with Gasteiger partial charge in [-0.25, -0.2) is 13.2 Å². The molecule has 8 nitrogen and oxygen atoms in total. The number of hydrogen-bond donors (Lipinski definition) is 1. The third kappa shape index (κ3) is 5.88. The second-order valence-electron chi connectivity index (χ2n) is 8.62. The Hall–Kier alpha value is -3.07. The molecule has 1 amide bonds. The number of ether oxygens (including phenoxy) is 2. The summed E-state index contributed by atoms with van der Waals surface area (Å²) in [5.41, 5.74) is 0.492. The predicted molar refractivity (Wildman–Crippen MR) is 129 cm³/mol. The summed E-state index contributed by atoms with van der Waals surface area (Å²) >= 11 is 0. The molecule has 0 radical (unpaired) electrons. The van der Waals surface area contributed by atoms with E-state index >= 15 is 0 Å². The van der Waals surface area contributed by atoms with E-state index in [-0.39, 0.29) is 22.4 Å². The van der Waals surface area contributed by atoms with Crippen molar-refractivity contribution in [3.63, 3.8) is 0 Å². The van der Waals surface area contributed by atoms with Crippen molar-refractivity contribution >= 4 is 27.6 Å². The Kier molecular flexibility index (Phi) is 8.19. The maximum absolute atomic E-state index is 13.1. The zero-order valence-corrected chi connectivity index (χ0v) is 20.8. The number of carbonyl (C=O) groups is 2.